The number of hydrogen-bond donors (Lipinski definition) is 3. The molecule has 0 radical (unpaired) electrons. The van der Waals surface area contributed by atoms with Crippen molar-refractivity contribution in [1.82, 2.24) is 15.1 Å². The third-order valence-corrected chi connectivity index (χ3v) is 5.12. The minimum atomic E-state index is -1.04. The lowest BCUT2D eigenvalue weighted by Gasteiger charge is -2.33. The van der Waals surface area contributed by atoms with Crippen LogP contribution in [0.1, 0.15) is 46.4 Å². The molecular formula is C19H21N3O7. The van der Waals surface area contributed by atoms with Gasteiger partial charge in [0.05, 0.1) is 11.1 Å². The van der Waals surface area contributed by atoms with Crippen LogP contribution in [0.2, 0.25) is 0 Å². The van der Waals surface area contributed by atoms with E-state index in [2.05, 4.69) is 5.32 Å². The van der Waals surface area contributed by atoms with Crippen LogP contribution in [0.25, 0.3) is 0 Å². The number of rotatable bonds is 3. The van der Waals surface area contributed by atoms with Crippen LogP contribution in [0, 0.1) is 0 Å². The summed E-state index contributed by atoms with van der Waals surface area (Å²) >= 11 is 0. The van der Waals surface area contributed by atoms with E-state index in [1.165, 1.54) is 12.1 Å². The monoisotopic (exact) mass is 403 g/mol. The largest absolute Gasteiger partial charge is 0.480 e. The van der Waals surface area contributed by atoms with E-state index in [4.69, 9.17) is 10.2 Å². The first-order valence-corrected chi connectivity index (χ1v) is 9.25. The summed E-state index contributed by atoms with van der Waals surface area (Å²) in [5.41, 5.74) is 0.505. The summed E-state index contributed by atoms with van der Waals surface area (Å²) in [7, 11) is 0. The molecule has 0 bridgehead atoms. The van der Waals surface area contributed by atoms with Crippen molar-refractivity contribution in [1.29, 1.82) is 0 Å². The van der Waals surface area contributed by atoms with Crippen LogP contribution in [-0.4, -0.2) is 75.0 Å². The van der Waals surface area contributed by atoms with Crippen molar-refractivity contribution in [2.24, 2.45) is 0 Å². The number of amides is 4. The molecule has 3 N–H and O–H groups in total. The van der Waals surface area contributed by atoms with E-state index in [1.54, 1.807) is 12.1 Å². The molecule has 0 aliphatic carbocycles. The summed E-state index contributed by atoms with van der Waals surface area (Å²) < 4.78 is 0. The summed E-state index contributed by atoms with van der Waals surface area (Å²) in [4.78, 5) is 60.1. The number of benzene rings is 1. The van der Waals surface area contributed by atoms with E-state index in [-0.39, 0.29) is 30.0 Å². The highest BCUT2D eigenvalue weighted by Gasteiger charge is 2.46. The summed E-state index contributed by atoms with van der Waals surface area (Å²) in [6.45, 7) is 0.105. The summed E-state index contributed by atoms with van der Waals surface area (Å²) in [6.07, 6.45) is 1.87. The molecule has 1 aromatic carbocycles. The molecule has 4 rings (SSSR count). The Hall–Kier alpha value is -3.11. The van der Waals surface area contributed by atoms with Crippen LogP contribution in [0.5, 0.6) is 0 Å². The van der Waals surface area contributed by atoms with E-state index in [1.807, 2.05) is 0 Å². The van der Waals surface area contributed by atoms with Crippen molar-refractivity contribution in [3.05, 3.63) is 35.4 Å². The average molecular weight is 403 g/mol. The third-order valence-electron chi connectivity index (χ3n) is 5.12. The zero-order chi connectivity index (χ0) is 21.1. The van der Waals surface area contributed by atoms with E-state index in [0.717, 1.165) is 24.3 Å². The van der Waals surface area contributed by atoms with Crippen LogP contribution >= 0.6 is 0 Å². The zero-order valence-corrected chi connectivity index (χ0v) is 15.5. The summed E-state index contributed by atoms with van der Waals surface area (Å²) in [6, 6.07) is 5.02. The molecule has 3 heterocycles. The molecule has 2 atom stereocenters. The van der Waals surface area contributed by atoms with E-state index in [9.17, 15) is 24.0 Å². The normalized spacial score (nSPS) is 23.8. The van der Waals surface area contributed by atoms with E-state index < -0.39 is 42.4 Å². The van der Waals surface area contributed by atoms with E-state index >= 15 is 0 Å². The van der Waals surface area contributed by atoms with E-state index in [0.29, 0.717) is 4.90 Å². The number of carboxylic acid groups (broad SMARTS) is 1. The van der Waals surface area contributed by atoms with Crippen molar-refractivity contribution in [2.45, 2.75) is 37.8 Å². The standard InChI is InChI=1S/C14H12N2O5.C5H9NO2/c17-7-15-11(18)6-5-10(14(15)21)16-12(19)8-3-1-2-4-9(8)13(16)20;7-5(8)4-2-1-3-6-4/h1-4,10,17H,5-7H2;4,6H,1-3H2,(H,7,8)/t;4-/m.0/s1. The lowest BCUT2D eigenvalue weighted by Crippen LogP contribution is -2.56. The van der Waals surface area contributed by atoms with Gasteiger partial charge in [-0.15, -0.1) is 0 Å². The van der Waals surface area contributed by atoms with Crippen molar-refractivity contribution in [3.63, 3.8) is 0 Å². The Morgan fingerprint density at radius 3 is 2.14 bits per heavy atom. The molecule has 2 saturated heterocycles. The Morgan fingerprint density at radius 2 is 1.69 bits per heavy atom. The Kier molecular flexibility index (Phi) is 6.04. The van der Waals surface area contributed by atoms with Crippen molar-refractivity contribution < 1.29 is 34.2 Å². The molecule has 0 aromatic heterocycles. The molecule has 1 aromatic rings. The van der Waals surface area contributed by atoms with Gasteiger partial charge in [0, 0.05) is 6.42 Å². The smallest absolute Gasteiger partial charge is 0.320 e. The minimum Gasteiger partial charge on any atom is -0.480 e. The maximum absolute atomic E-state index is 12.3. The fourth-order valence-electron chi connectivity index (χ4n) is 3.60. The quantitative estimate of drug-likeness (QED) is 0.577. The molecule has 154 valence electrons. The Labute approximate surface area is 166 Å². The van der Waals surface area contributed by atoms with Gasteiger partial charge in [0.25, 0.3) is 17.7 Å². The molecule has 10 heteroatoms. The second-order valence-electron chi connectivity index (χ2n) is 6.87. The van der Waals surface area contributed by atoms with Crippen molar-refractivity contribution in [2.75, 3.05) is 13.3 Å². The topological polar surface area (TPSA) is 144 Å². The number of nitrogens with zero attached hydrogens (tertiary/aromatic N) is 2. The second-order valence-corrected chi connectivity index (χ2v) is 6.87. The minimum absolute atomic E-state index is 0.00434. The van der Waals surface area contributed by atoms with Gasteiger partial charge < -0.3 is 15.5 Å². The number of aliphatic hydroxyl groups is 1. The van der Waals surface area contributed by atoms with Gasteiger partial charge >= 0.3 is 5.97 Å². The molecular weight excluding hydrogens is 382 g/mol. The highest BCUT2D eigenvalue weighted by Crippen LogP contribution is 2.28. The number of aliphatic carboxylic acids is 1. The molecule has 10 nitrogen and oxygen atoms in total. The third kappa shape index (κ3) is 3.89. The first kappa shape index (κ1) is 20.6. The van der Waals surface area contributed by atoms with Crippen LogP contribution in [-0.2, 0) is 14.4 Å². The summed E-state index contributed by atoms with van der Waals surface area (Å²) in [5.74, 6) is -3.02. The number of aliphatic hydroxyl groups excluding tert-OH is 1. The highest BCUT2D eigenvalue weighted by molar-refractivity contribution is 6.23. The Bertz CT molecular complexity index is 828. The van der Waals surface area contributed by atoms with Gasteiger partial charge in [-0.1, -0.05) is 12.1 Å². The number of hydrogen-bond acceptors (Lipinski definition) is 7. The average Bonchev–Trinajstić information content (AvgIpc) is 3.33. The lowest BCUT2D eigenvalue weighted by atomic mass is 10.0. The molecule has 0 saturated carbocycles. The first-order valence-electron chi connectivity index (χ1n) is 9.25. The lowest BCUT2D eigenvalue weighted by molar-refractivity contribution is -0.156. The fraction of sp³-hybridized carbons (Fsp3) is 0.421. The zero-order valence-electron chi connectivity index (χ0n) is 15.5. The maximum atomic E-state index is 12.3. The number of nitrogens with one attached hydrogen (secondary N) is 1. The van der Waals surface area contributed by atoms with Crippen LogP contribution < -0.4 is 5.32 Å². The Balaban J connectivity index is 0.000000252. The van der Waals surface area contributed by atoms with Crippen LogP contribution in [0.3, 0.4) is 0 Å². The number of carboxylic acids is 1. The second kappa shape index (κ2) is 8.50. The molecule has 3 aliphatic heterocycles. The predicted octanol–water partition coefficient (Wildman–Crippen LogP) is -0.427. The molecule has 1 unspecified atom stereocenters. The van der Waals surface area contributed by atoms with Gasteiger partial charge in [0.1, 0.15) is 18.8 Å². The number of carbonyl (C=O) groups is 5. The fourth-order valence-corrected chi connectivity index (χ4v) is 3.60. The van der Waals surface area contributed by atoms with Gasteiger partial charge in [-0.2, -0.15) is 0 Å². The molecule has 3 aliphatic rings. The van der Waals surface area contributed by atoms with Crippen LogP contribution in [0.15, 0.2) is 24.3 Å². The van der Waals surface area contributed by atoms with Gasteiger partial charge in [0.15, 0.2) is 0 Å². The number of likely N-dealkylation sites (tertiary alicyclic amines) is 1. The van der Waals surface area contributed by atoms with Crippen LogP contribution in [0.4, 0.5) is 0 Å². The molecule has 4 amide bonds. The number of fused-ring (bicyclic) bond motifs is 1. The molecule has 29 heavy (non-hydrogen) atoms. The van der Waals surface area contributed by atoms with Gasteiger partial charge in [-0.3, -0.25) is 33.8 Å². The Morgan fingerprint density at radius 1 is 1.07 bits per heavy atom. The summed E-state index contributed by atoms with van der Waals surface area (Å²) in [5, 5.41) is 20.3. The maximum Gasteiger partial charge on any atom is 0.320 e. The van der Waals surface area contributed by atoms with Gasteiger partial charge in [-0.25, -0.2) is 0 Å². The van der Waals surface area contributed by atoms with Crippen molar-refractivity contribution in [3.8, 4) is 0 Å². The number of carbonyl (C=O) groups excluding carboxylic acids is 4. The van der Waals surface area contributed by atoms with Crippen molar-refractivity contribution >= 4 is 29.6 Å². The van der Waals surface area contributed by atoms with Gasteiger partial charge in [0.2, 0.25) is 5.91 Å². The predicted molar refractivity (Wildman–Crippen MR) is 97.6 cm³/mol. The highest BCUT2D eigenvalue weighted by atomic mass is 16.4. The number of piperidine rings is 1. The number of imide groups is 2. The SMILES string of the molecule is O=C(O)[C@@H]1CCCN1.O=C1CCC(N2C(=O)c3ccccc3C2=O)C(=O)N1CO. The first-order chi connectivity index (χ1) is 13.9. The molecule has 0 spiro atoms. The molecule has 2 fully saturated rings. The van der Waals surface area contributed by atoms with Gasteiger partial charge in [-0.05, 0) is 37.9 Å².